The van der Waals surface area contributed by atoms with Gasteiger partial charge in [-0.3, -0.25) is 0 Å². The van der Waals surface area contributed by atoms with Crippen LogP contribution in [0.25, 0.3) is 0 Å². The molecule has 104 valence electrons. The first kappa shape index (κ1) is 14.4. The fraction of sp³-hybridized carbons (Fsp3) is 0.533. The minimum atomic E-state index is -0.806. The summed E-state index contributed by atoms with van der Waals surface area (Å²) in [7, 11) is 0. The average Bonchev–Trinajstić information content (AvgIpc) is 2.38. The predicted octanol–water partition coefficient (Wildman–Crippen LogP) is 4.28. The molecule has 4 heteroatoms. The first-order chi connectivity index (χ1) is 9.05. The van der Waals surface area contributed by atoms with E-state index in [1.807, 2.05) is 24.3 Å². The third kappa shape index (κ3) is 3.30. The second-order valence-corrected chi connectivity index (χ2v) is 6.31. The molecule has 0 aromatic heterocycles. The Morgan fingerprint density at radius 1 is 1.58 bits per heavy atom. The Morgan fingerprint density at radius 2 is 2.37 bits per heavy atom. The van der Waals surface area contributed by atoms with Gasteiger partial charge < -0.3 is 10.4 Å². The molecule has 2 atom stereocenters. The van der Waals surface area contributed by atoms with Gasteiger partial charge in [0, 0.05) is 10.2 Å². The number of halogens is 1. The standard InChI is InChI=1S/C15H20BrNO2/c1-2-11-5-4-8-15(10-11,14(18)19)17-13-7-3-6-12(16)9-13/h3,6-7,9,11,17H,2,4-5,8,10H2,1H3,(H,18,19). The topological polar surface area (TPSA) is 49.3 Å². The van der Waals surface area contributed by atoms with Crippen molar-refractivity contribution in [3.63, 3.8) is 0 Å². The minimum Gasteiger partial charge on any atom is -0.480 e. The van der Waals surface area contributed by atoms with Gasteiger partial charge in [0.1, 0.15) is 5.54 Å². The van der Waals surface area contributed by atoms with E-state index in [2.05, 4.69) is 28.2 Å². The van der Waals surface area contributed by atoms with E-state index in [0.717, 1.165) is 29.4 Å². The van der Waals surface area contributed by atoms with Gasteiger partial charge in [0.25, 0.3) is 0 Å². The van der Waals surface area contributed by atoms with E-state index in [9.17, 15) is 9.90 Å². The van der Waals surface area contributed by atoms with E-state index in [1.54, 1.807) is 0 Å². The Labute approximate surface area is 122 Å². The van der Waals surface area contributed by atoms with E-state index < -0.39 is 11.5 Å². The second kappa shape index (κ2) is 5.95. The Kier molecular flexibility index (Phi) is 4.50. The van der Waals surface area contributed by atoms with Crippen molar-refractivity contribution < 1.29 is 9.90 Å². The summed E-state index contributed by atoms with van der Waals surface area (Å²) in [4.78, 5) is 11.8. The first-order valence-corrected chi connectivity index (χ1v) is 7.62. The van der Waals surface area contributed by atoms with Gasteiger partial charge in [0.15, 0.2) is 0 Å². The third-order valence-corrected chi connectivity index (χ3v) is 4.54. The highest BCUT2D eigenvalue weighted by atomic mass is 79.9. The average molecular weight is 326 g/mol. The molecule has 1 aliphatic rings. The van der Waals surface area contributed by atoms with E-state index in [0.29, 0.717) is 18.8 Å². The molecule has 0 amide bonds. The maximum Gasteiger partial charge on any atom is 0.329 e. The largest absolute Gasteiger partial charge is 0.480 e. The second-order valence-electron chi connectivity index (χ2n) is 5.39. The molecule has 0 aliphatic heterocycles. The van der Waals surface area contributed by atoms with Crippen molar-refractivity contribution in [3.05, 3.63) is 28.7 Å². The molecule has 0 heterocycles. The molecule has 1 fully saturated rings. The number of carboxylic acids is 1. The van der Waals surface area contributed by atoms with Crippen LogP contribution in [-0.2, 0) is 4.79 Å². The van der Waals surface area contributed by atoms with Crippen molar-refractivity contribution in [1.82, 2.24) is 0 Å². The molecule has 19 heavy (non-hydrogen) atoms. The molecule has 0 radical (unpaired) electrons. The van der Waals surface area contributed by atoms with Crippen LogP contribution >= 0.6 is 15.9 Å². The predicted molar refractivity (Wildman–Crippen MR) is 80.4 cm³/mol. The highest BCUT2D eigenvalue weighted by Gasteiger charge is 2.42. The van der Waals surface area contributed by atoms with Gasteiger partial charge in [0.05, 0.1) is 0 Å². The first-order valence-electron chi connectivity index (χ1n) is 6.83. The zero-order valence-corrected chi connectivity index (χ0v) is 12.7. The molecular weight excluding hydrogens is 306 g/mol. The molecule has 2 N–H and O–H groups in total. The highest BCUT2D eigenvalue weighted by Crippen LogP contribution is 2.37. The summed E-state index contributed by atoms with van der Waals surface area (Å²) < 4.78 is 0.959. The van der Waals surface area contributed by atoms with Crippen LogP contribution in [0, 0.1) is 5.92 Å². The number of rotatable bonds is 4. The van der Waals surface area contributed by atoms with Crippen LogP contribution in [0.15, 0.2) is 28.7 Å². The Bertz CT molecular complexity index is 463. The molecule has 1 saturated carbocycles. The normalized spacial score (nSPS) is 26.9. The minimum absolute atomic E-state index is 0.504. The van der Waals surface area contributed by atoms with Crippen LogP contribution in [0.1, 0.15) is 39.0 Å². The number of benzene rings is 1. The number of hydrogen-bond acceptors (Lipinski definition) is 2. The zero-order valence-electron chi connectivity index (χ0n) is 11.2. The van der Waals surface area contributed by atoms with Crippen LogP contribution in [0.4, 0.5) is 5.69 Å². The van der Waals surface area contributed by atoms with Gasteiger partial charge in [-0.05, 0) is 37.0 Å². The lowest BCUT2D eigenvalue weighted by atomic mass is 9.74. The highest BCUT2D eigenvalue weighted by molar-refractivity contribution is 9.10. The monoisotopic (exact) mass is 325 g/mol. The van der Waals surface area contributed by atoms with Gasteiger partial charge in [-0.2, -0.15) is 0 Å². The molecular formula is C15H20BrNO2. The number of anilines is 1. The molecule has 0 bridgehead atoms. The van der Waals surface area contributed by atoms with Crippen molar-refractivity contribution in [2.24, 2.45) is 5.92 Å². The van der Waals surface area contributed by atoms with Crippen molar-refractivity contribution in [2.75, 3.05) is 5.32 Å². The summed E-state index contributed by atoms with van der Waals surface area (Å²) in [5.41, 5.74) is 0.0632. The number of nitrogens with one attached hydrogen (secondary N) is 1. The quantitative estimate of drug-likeness (QED) is 0.868. The van der Waals surface area contributed by atoms with E-state index in [1.165, 1.54) is 0 Å². The van der Waals surface area contributed by atoms with Crippen LogP contribution in [0.3, 0.4) is 0 Å². The van der Waals surface area contributed by atoms with Crippen molar-refractivity contribution in [1.29, 1.82) is 0 Å². The van der Waals surface area contributed by atoms with Crippen LogP contribution < -0.4 is 5.32 Å². The third-order valence-electron chi connectivity index (χ3n) is 4.05. The molecule has 1 aromatic carbocycles. The smallest absolute Gasteiger partial charge is 0.329 e. The molecule has 2 rings (SSSR count). The molecule has 3 nitrogen and oxygen atoms in total. The van der Waals surface area contributed by atoms with E-state index in [-0.39, 0.29) is 0 Å². The summed E-state index contributed by atoms with van der Waals surface area (Å²) in [6.07, 6.45) is 4.59. The van der Waals surface area contributed by atoms with Crippen LogP contribution in [-0.4, -0.2) is 16.6 Å². The van der Waals surface area contributed by atoms with Gasteiger partial charge in [-0.15, -0.1) is 0 Å². The van der Waals surface area contributed by atoms with Crippen molar-refractivity contribution in [3.8, 4) is 0 Å². The SMILES string of the molecule is CCC1CCCC(Nc2cccc(Br)c2)(C(=O)O)C1. The Balaban J connectivity index is 2.22. The van der Waals surface area contributed by atoms with E-state index in [4.69, 9.17) is 0 Å². The summed E-state index contributed by atoms with van der Waals surface area (Å²) in [6.45, 7) is 2.14. The number of carbonyl (C=O) groups is 1. The lowest BCUT2D eigenvalue weighted by Gasteiger charge is -2.38. The maximum atomic E-state index is 11.8. The Hall–Kier alpha value is -1.03. The zero-order chi connectivity index (χ0) is 13.9. The lowest BCUT2D eigenvalue weighted by Crippen LogP contribution is -2.49. The van der Waals surface area contributed by atoms with Crippen molar-refractivity contribution in [2.45, 2.75) is 44.6 Å². The molecule has 0 spiro atoms. The van der Waals surface area contributed by atoms with Gasteiger partial charge in [0.2, 0.25) is 0 Å². The molecule has 1 aliphatic carbocycles. The number of hydrogen-bond donors (Lipinski definition) is 2. The number of aliphatic carboxylic acids is 1. The van der Waals surface area contributed by atoms with Gasteiger partial charge in [-0.1, -0.05) is 48.2 Å². The van der Waals surface area contributed by atoms with Crippen molar-refractivity contribution >= 4 is 27.6 Å². The fourth-order valence-corrected chi connectivity index (χ4v) is 3.34. The molecule has 1 aromatic rings. The molecule has 0 saturated heterocycles. The molecule has 2 unspecified atom stereocenters. The summed E-state index contributed by atoms with van der Waals surface area (Å²) in [5.74, 6) is -0.227. The summed E-state index contributed by atoms with van der Waals surface area (Å²) in [6, 6.07) is 7.71. The van der Waals surface area contributed by atoms with Crippen LogP contribution in [0.2, 0.25) is 0 Å². The maximum absolute atomic E-state index is 11.8. The van der Waals surface area contributed by atoms with Gasteiger partial charge in [-0.25, -0.2) is 4.79 Å². The lowest BCUT2D eigenvalue weighted by molar-refractivity contribution is -0.144. The summed E-state index contributed by atoms with van der Waals surface area (Å²) >= 11 is 3.42. The Morgan fingerprint density at radius 3 is 3.00 bits per heavy atom. The number of carboxylic acid groups (broad SMARTS) is 1. The van der Waals surface area contributed by atoms with Gasteiger partial charge >= 0.3 is 5.97 Å². The fourth-order valence-electron chi connectivity index (χ4n) is 2.94. The summed E-state index contributed by atoms with van der Waals surface area (Å²) in [5, 5.41) is 12.9. The van der Waals surface area contributed by atoms with E-state index >= 15 is 0 Å². The van der Waals surface area contributed by atoms with Crippen LogP contribution in [0.5, 0.6) is 0 Å².